The standard InChI is InChI=1S/C9H8BrN3OS.C2H6/c1-2-6(14)5-4-13(15)9-8(5)12-7(10)3-11-9;1-2/h2-4,14-15H,1H3;1-2H3. The molecule has 0 saturated heterocycles. The van der Waals surface area contributed by atoms with Crippen LogP contribution in [0.15, 0.2) is 23.1 Å². The van der Waals surface area contributed by atoms with Crippen LogP contribution in [0.3, 0.4) is 0 Å². The normalized spacial score (nSPS) is 11.2. The van der Waals surface area contributed by atoms with Crippen molar-refractivity contribution in [2.75, 3.05) is 0 Å². The van der Waals surface area contributed by atoms with Crippen molar-refractivity contribution in [1.82, 2.24) is 13.9 Å². The molecule has 4 nitrogen and oxygen atoms in total. The van der Waals surface area contributed by atoms with E-state index in [9.17, 15) is 5.11 Å². The van der Waals surface area contributed by atoms with Crippen molar-refractivity contribution in [2.45, 2.75) is 20.8 Å². The minimum atomic E-state index is 0.167. The van der Waals surface area contributed by atoms with Gasteiger partial charge in [-0.1, -0.05) is 26.7 Å². The van der Waals surface area contributed by atoms with Crippen LogP contribution < -0.4 is 0 Å². The molecule has 0 saturated carbocycles. The summed E-state index contributed by atoms with van der Waals surface area (Å²) in [6, 6.07) is 0. The van der Waals surface area contributed by atoms with Crippen LogP contribution in [0.1, 0.15) is 26.3 Å². The number of aliphatic hydroxyl groups is 1. The first kappa shape index (κ1) is 14.1. The summed E-state index contributed by atoms with van der Waals surface area (Å²) in [5, 5.41) is 9.66. The molecule has 2 heterocycles. The van der Waals surface area contributed by atoms with E-state index in [0.717, 1.165) is 0 Å². The number of aliphatic hydroxyl groups excluding tert-OH is 1. The summed E-state index contributed by atoms with van der Waals surface area (Å²) in [5.41, 5.74) is 1.86. The van der Waals surface area contributed by atoms with Crippen LogP contribution in [0, 0.1) is 0 Å². The number of nitrogens with zero attached hydrogens (tertiary/aromatic N) is 3. The van der Waals surface area contributed by atoms with Gasteiger partial charge in [0.15, 0.2) is 5.65 Å². The Morgan fingerprint density at radius 1 is 1.53 bits per heavy atom. The average molecular weight is 316 g/mol. The van der Waals surface area contributed by atoms with Gasteiger partial charge in [-0.2, -0.15) is 0 Å². The number of hydrogen-bond acceptors (Lipinski definition) is 4. The third-order valence-corrected chi connectivity index (χ3v) is 2.68. The molecule has 2 aromatic rings. The predicted molar refractivity (Wildman–Crippen MR) is 77.2 cm³/mol. The van der Waals surface area contributed by atoms with Crippen LogP contribution in [0.5, 0.6) is 0 Å². The minimum absolute atomic E-state index is 0.167. The average Bonchev–Trinajstić information content (AvgIpc) is 2.68. The first-order chi connectivity index (χ1) is 8.13. The Labute approximate surface area is 114 Å². The maximum atomic E-state index is 9.66. The highest BCUT2D eigenvalue weighted by atomic mass is 79.9. The molecule has 0 aromatic carbocycles. The van der Waals surface area contributed by atoms with Gasteiger partial charge in [-0.25, -0.2) is 9.97 Å². The van der Waals surface area contributed by atoms with Gasteiger partial charge in [0.2, 0.25) is 0 Å². The third kappa shape index (κ3) is 2.81. The maximum Gasteiger partial charge on any atom is 0.169 e. The van der Waals surface area contributed by atoms with Gasteiger partial charge < -0.3 is 5.11 Å². The molecule has 6 heteroatoms. The summed E-state index contributed by atoms with van der Waals surface area (Å²) in [5.74, 6) is 0.167. The molecule has 17 heavy (non-hydrogen) atoms. The molecule has 0 aliphatic rings. The molecular formula is C11H14BrN3OS. The highest BCUT2D eigenvalue weighted by Gasteiger charge is 2.12. The lowest BCUT2D eigenvalue weighted by atomic mass is 10.2. The Balaban J connectivity index is 0.000000686. The van der Waals surface area contributed by atoms with Crippen LogP contribution >= 0.6 is 28.7 Å². The van der Waals surface area contributed by atoms with E-state index in [1.165, 1.54) is 3.97 Å². The van der Waals surface area contributed by atoms with Crippen molar-refractivity contribution in [3.05, 3.63) is 28.6 Å². The smallest absolute Gasteiger partial charge is 0.169 e. The van der Waals surface area contributed by atoms with E-state index in [0.29, 0.717) is 21.3 Å². The molecule has 0 radical (unpaired) electrons. The molecule has 2 aromatic heterocycles. The fourth-order valence-corrected chi connectivity index (χ4v) is 1.84. The molecule has 1 N–H and O–H groups in total. The van der Waals surface area contributed by atoms with E-state index >= 15 is 0 Å². The molecule has 0 aliphatic heterocycles. The second kappa shape index (κ2) is 6.07. The Hall–Kier alpha value is -1.01. The van der Waals surface area contributed by atoms with E-state index in [4.69, 9.17) is 0 Å². The van der Waals surface area contributed by atoms with Gasteiger partial charge in [0.05, 0.1) is 11.8 Å². The fraction of sp³-hybridized carbons (Fsp3) is 0.273. The van der Waals surface area contributed by atoms with Crippen molar-refractivity contribution in [2.24, 2.45) is 0 Å². The van der Waals surface area contributed by atoms with Gasteiger partial charge in [-0.15, -0.1) is 0 Å². The van der Waals surface area contributed by atoms with Gasteiger partial charge in [0.25, 0.3) is 0 Å². The molecule has 2 rings (SSSR count). The van der Waals surface area contributed by atoms with Crippen molar-refractivity contribution < 1.29 is 5.11 Å². The molecule has 92 valence electrons. The van der Waals surface area contributed by atoms with Gasteiger partial charge in [0, 0.05) is 6.20 Å². The monoisotopic (exact) mass is 315 g/mol. The second-order valence-corrected chi connectivity index (χ2v) is 4.17. The number of aromatic nitrogens is 3. The first-order valence-corrected chi connectivity index (χ1v) is 6.41. The number of rotatable bonds is 1. The van der Waals surface area contributed by atoms with Crippen molar-refractivity contribution in [3.63, 3.8) is 0 Å². The number of fused-ring (bicyclic) bond motifs is 1. The maximum absolute atomic E-state index is 9.66. The van der Waals surface area contributed by atoms with Crippen LogP contribution in [0.2, 0.25) is 0 Å². The van der Waals surface area contributed by atoms with Gasteiger partial charge in [0.1, 0.15) is 15.9 Å². The summed E-state index contributed by atoms with van der Waals surface area (Å²) in [4.78, 5) is 8.41. The van der Waals surface area contributed by atoms with E-state index in [2.05, 4.69) is 38.7 Å². The van der Waals surface area contributed by atoms with E-state index in [-0.39, 0.29) is 5.76 Å². The minimum Gasteiger partial charge on any atom is -0.508 e. The van der Waals surface area contributed by atoms with Crippen LogP contribution in [0.4, 0.5) is 0 Å². The second-order valence-electron chi connectivity index (χ2n) is 2.93. The summed E-state index contributed by atoms with van der Waals surface area (Å²) in [6.45, 7) is 5.75. The zero-order valence-electron chi connectivity index (χ0n) is 9.85. The van der Waals surface area contributed by atoms with Crippen molar-refractivity contribution >= 4 is 45.7 Å². The largest absolute Gasteiger partial charge is 0.508 e. The third-order valence-electron chi connectivity index (χ3n) is 2.00. The summed E-state index contributed by atoms with van der Waals surface area (Å²) < 4.78 is 2.16. The van der Waals surface area contributed by atoms with Gasteiger partial charge >= 0.3 is 0 Å². The highest BCUT2D eigenvalue weighted by molar-refractivity contribution is 9.10. The van der Waals surface area contributed by atoms with E-state index < -0.39 is 0 Å². The van der Waals surface area contributed by atoms with Gasteiger partial charge in [-0.3, -0.25) is 3.97 Å². The summed E-state index contributed by atoms with van der Waals surface area (Å²) in [6.07, 6.45) is 4.87. The Kier molecular flexibility index (Phi) is 5.02. The SMILES string of the molecule is CC.CC=C(O)c1cn(S)c2ncc(Br)nc12. The Morgan fingerprint density at radius 3 is 2.76 bits per heavy atom. The van der Waals surface area contributed by atoms with E-state index in [1.54, 1.807) is 25.4 Å². The predicted octanol–water partition coefficient (Wildman–Crippen LogP) is 3.83. The lowest BCUT2D eigenvalue weighted by Crippen LogP contribution is -1.86. The van der Waals surface area contributed by atoms with Crippen molar-refractivity contribution in [1.29, 1.82) is 0 Å². The molecular weight excluding hydrogens is 302 g/mol. The van der Waals surface area contributed by atoms with Crippen molar-refractivity contribution in [3.8, 4) is 0 Å². The zero-order chi connectivity index (χ0) is 13.0. The summed E-state index contributed by atoms with van der Waals surface area (Å²) >= 11 is 7.44. The summed E-state index contributed by atoms with van der Waals surface area (Å²) in [7, 11) is 0. The first-order valence-electron chi connectivity index (χ1n) is 5.22. The highest BCUT2D eigenvalue weighted by Crippen LogP contribution is 2.24. The van der Waals surface area contributed by atoms with Crippen LogP contribution in [0.25, 0.3) is 16.9 Å². The van der Waals surface area contributed by atoms with Gasteiger partial charge in [-0.05, 0) is 28.9 Å². The fourth-order valence-electron chi connectivity index (χ4n) is 1.30. The number of thiol groups is 1. The lowest BCUT2D eigenvalue weighted by molar-refractivity contribution is 0.511. The Bertz CT molecular complexity index is 551. The van der Waals surface area contributed by atoms with Crippen LogP contribution in [-0.2, 0) is 0 Å². The molecule has 0 spiro atoms. The van der Waals surface area contributed by atoms with Crippen LogP contribution in [-0.4, -0.2) is 19.0 Å². The number of allylic oxidation sites excluding steroid dienone is 1. The molecule has 0 unspecified atom stereocenters. The number of halogens is 1. The lowest BCUT2D eigenvalue weighted by Gasteiger charge is -1.95. The quantitative estimate of drug-likeness (QED) is 0.621. The molecule has 0 aliphatic carbocycles. The topological polar surface area (TPSA) is 50.9 Å². The molecule has 0 atom stereocenters. The molecule has 0 amide bonds. The zero-order valence-corrected chi connectivity index (χ0v) is 12.3. The molecule has 0 fully saturated rings. The van der Waals surface area contributed by atoms with E-state index in [1.807, 2.05) is 13.8 Å². The number of hydrogen-bond donors (Lipinski definition) is 2. The Morgan fingerprint density at radius 2 is 2.18 bits per heavy atom. The molecule has 0 bridgehead atoms.